The average molecular weight is 261 g/mol. The highest BCUT2D eigenvalue weighted by molar-refractivity contribution is 5.74. The number of pyridine rings is 1. The van der Waals surface area contributed by atoms with Gasteiger partial charge in [0, 0.05) is 12.7 Å². The maximum Gasteiger partial charge on any atom is 0.315 e. The fourth-order valence-corrected chi connectivity index (χ4v) is 2.02. The summed E-state index contributed by atoms with van der Waals surface area (Å²) in [6.07, 6.45) is 3.69. The van der Waals surface area contributed by atoms with Crippen molar-refractivity contribution in [2.75, 3.05) is 6.54 Å². The standard InChI is InChI=1S/C13H19N5O/c1-3-7-10(15-13(19)14-4-2)12-17-16-11-8-5-6-9-18(11)12/h5-6,8-10H,3-4,7H2,1-2H3,(H2,14,15,19)/t10-/m1/s1. The highest BCUT2D eigenvalue weighted by Gasteiger charge is 2.19. The van der Waals surface area contributed by atoms with E-state index in [9.17, 15) is 4.79 Å². The van der Waals surface area contributed by atoms with Gasteiger partial charge in [-0.2, -0.15) is 0 Å². The van der Waals surface area contributed by atoms with E-state index in [2.05, 4.69) is 27.8 Å². The molecule has 2 N–H and O–H groups in total. The molecule has 1 atom stereocenters. The number of carbonyl (C=O) groups excluding carboxylic acids is 1. The Morgan fingerprint density at radius 1 is 1.37 bits per heavy atom. The molecule has 0 fully saturated rings. The van der Waals surface area contributed by atoms with Gasteiger partial charge in [-0.05, 0) is 25.5 Å². The fraction of sp³-hybridized carbons (Fsp3) is 0.462. The number of hydrogen-bond acceptors (Lipinski definition) is 3. The first-order valence-electron chi connectivity index (χ1n) is 6.60. The number of hydrogen-bond donors (Lipinski definition) is 2. The smallest absolute Gasteiger partial charge is 0.315 e. The monoisotopic (exact) mass is 261 g/mol. The van der Waals surface area contributed by atoms with Crippen LogP contribution in [0.4, 0.5) is 4.79 Å². The molecule has 2 aromatic heterocycles. The van der Waals surface area contributed by atoms with E-state index in [4.69, 9.17) is 0 Å². The molecule has 0 spiro atoms. The zero-order valence-electron chi connectivity index (χ0n) is 11.3. The molecule has 0 saturated carbocycles. The van der Waals surface area contributed by atoms with Crippen LogP contribution in [0.15, 0.2) is 24.4 Å². The van der Waals surface area contributed by atoms with E-state index in [0.29, 0.717) is 6.54 Å². The second-order valence-electron chi connectivity index (χ2n) is 4.33. The van der Waals surface area contributed by atoms with Crippen LogP contribution >= 0.6 is 0 Å². The Labute approximate surface area is 112 Å². The molecule has 2 heterocycles. The number of aromatic nitrogens is 3. The maximum atomic E-state index is 11.7. The van der Waals surface area contributed by atoms with Crippen molar-refractivity contribution in [3.05, 3.63) is 30.2 Å². The summed E-state index contributed by atoms with van der Waals surface area (Å²) in [4.78, 5) is 11.7. The molecule has 0 bridgehead atoms. The summed E-state index contributed by atoms with van der Waals surface area (Å²) in [7, 11) is 0. The van der Waals surface area contributed by atoms with Gasteiger partial charge in [0.05, 0.1) is 6.04 Å². The van der Waals surface area contributed by atoms with Gasteiger partial charge >= 0.3 is 6.03 Å². The zero-order valence-corrected chi connectivity index (χ0v) is 11.3. The van der Waals surface area contributed by atoms with Crippen LogP contribution in [0.5, 0.6) is 0 Å². The number of urea groups is 1. The third-order valence-electron chi connectivity index (χ3n) is 2.87. The number of nitrogens with zero attached hydrogens (tertiary/aromatic N) is 3. The Morgan fingerprint density at radius 2 is 2.21 bits per heavy atom. The van der Waals surface area contributed by atoms with Gasteiger partial charge in [0.2, 0.25) is 0 Å². The minimum absolute atomic E-state index is 0.131. The van der Waals surface area contributed by atoms with E-state index in [0.717, 1.165) is 24.3 Å². The van der Waals surface area contributed by atoms with Crippen molar-refractivity contribution in [3.8, 4) is 0 Å². The highest BCUT2D eigenvalue weighted by atomic mass is 16.2. The Morgan fingerprint density at radius 3 is 2.95 bits per heavy atom. The molecule has 2 amide bonds. The topological polar surface area (TPSA) is 71.3 Å². The van der Waals surface area contributed by atoms with Crippen molar-refractivity contribution in [3.63, 3.8) is 0 Å². The summed E-state index contributed by atoms with van der Waals surface area (Å²) in [5, 5.41) is 14.0. The van der Waals surface area contributed by atoms with E-state index in [1.807, 2.05) is 35.7 Å². The minimum Gasteiger partial charge on any atom is -0.338 e. The first-order chi connectivity index (χ1) is 9.26. The lowest BCUT2D eigenvalue weighted by molar-refractivity contribution is 0.236. The molecule has 0 aromatic carbocycles. The van der Waals surface area contributed by atoms with E-state index < -0.39 is 0 Å². The summed E-state index contributed by atoms with van der Waals surface area (Å²) in [5.74, 6) is 0.767. The molecular formula is C13H19N5O. The SMILES string of the molecule is CCC[C@@H](NC(=O)NCC)c1nnc2ccccn12. The molecule has 2 aromatic rings. The lowest BCUT2D eigenvalue weighted by Gasteiger charge is -2.16. The first kappa shape index (κ1) is 13.3. The molecular weight excluding hydrogens is 242 g/mol. The van der Waals surface area contributed by atoms with Crippen LogP contribution in [0.3, 0.4) is 0 Å². The Balaban J connectivity index is 2.25. The van der Waals surface area contributed by atoms with Crippen molar-refractivity contribution in [1.29, 1.82) is 0 Å². The zero-order chi connectivity index (χ0) is 13.7. The van der Waals surface area contributed by atoms with Crippen molar-refractivity contribution in [2.45, 2.75) is 32.7 Å². The van der Waals surface area contributed by atoms with Crippen LogP contribution in [0.1, 0.15) is 38.6 Å². The minimum atomic E-state index is -0.173. The maximum absolute atomic E-state index is 11.7. The Kier molecular flexibility index (Phi) is 4.33. The molecule has 0 saturated heterocycles. The van der Waals surface area contributed by atoms with Gasteiger partial charge in [0.25, 0.3) is 0 Å². The van der Waals surface area contributed by atoms with E-state index in [1.54, 1.807) is 0 Å². The molecule has 0 aliphatic rings. The predicted molar refractivity (Wildman–Crippen MR) is 72.8 cm³/mol. The van der Waals surface area contributed by atoms with Gasteiger partial charge < -0.3 is 10.6 Å². The number of carbonyl (C=O) groups is 1. The molecule has 6 nitrogen and oxygen atoms in total. The second kappa shape index (κ2) is 6.17. The van der Waals surface area contributed by atoms with Gasteiger partial charge in [-0.1, -0.05) is 19.4 Å². The molecule has 0 radical (unpaired) electrons. The van der Waals surface area contributed by atoms with Crippen LogP contribution in [0.2, 0.25) is 0 Å². The Hall–Kier alpha value is -2.11. The highest BCUT2D eigenvalue weighted by Crippen LogP contribution is 2.17. The average Bonchev–Trinajstić information content (AvgIpc) is 2.82. The van der Waals surface area contributed by atoms with Crippen LogP contribution in [0.25, 0.3) is 5.65 Å². The number of rotatable bonds is 5. The van der Waals surface area contributed by atoms with Gasteiger partial charge in [0.15, 0.2) is 11.5 Å². The van der Waals surface area contributed by atoms with Crippen molar-refractivity contribution >= 4 is 11.7 Å². The summed E-state index contributed by atoms with van der Waals surface area (Å²) in [6.45, 7) is 4.57. The summed E-state index contributed by atoms with van der Waals surface area (Å²) >= 11 is 0. The third-order valence-corrected chi connectivity index (χ3v) is 2.87. The second-order valence-corrected chi connectivity index (χ2v) is 4.33. The van der Waals surface area contributed by atoms with Crippen molar-refractivity contribution in [1.82, 2.24) is 25.2 Å². The lowest BCUT2D eigenvalue weighted by Crippen LogP contribution is -2.38. The van der Waals surface area contributed by atoms with Crippen molar-refractivity contribution in [2.24, 2.45) is 0 Å². The largest absolute Gasteiger partial charge is 0.338 e. The van der Waals surface area contributed by atoms with Gasteiger partial charge in [-0.25, -0.2) is 4.79 Å². The summed E-state index contributed by atoms with van der Waals surface area (Å²) in [6, 6.07) is 5.43. The van der Waals surface area contributed by atoms with Crippen LogP contribution in [0, 0.1) is 0 Å². The summed E-state index contributed by atoms with van der Waals surface area (Å²) in [5.41, 5.74) is 0.788. The molecule has 0 unspecified atom stereocenters. The van der Waals surface area contributed by atoms with Gasteiger partial charge in [-0.15, -0.1) is 10.2 Å². The molecule has 0 aliphatic heterocycles. The first-order valence-corrected chi connectivity index (χ1v) is 6.60. The summed E-state index contributed by atoms with van der Waals surface area (Å²) < 4.78 is 1.91. The van der Waals surface area contributed by atoms with Crippen LogP contribution < -0.4 is 10.6 Å². The predicted octanol–water partition coefficient (Wildman–Crippen LogP) is 1.89. The van der Waals surface area contributed by atoms with Gasteiger partial charge in [0.1, 0.15) is 0 Å². The molecule has 2 rings (SSSR count). The number of amides is 2. The van der Waals surface area contributed by atoms with E-state index >= 15 is 0 Å². The van der Waals surface area contributed by atoms with E-state index in [1.165, 1.54) is 0 Å². The number of fused-ring (bicyclic) bond motifs is 1. The van der Waals surface area contributed by atoms with E-state index in [-0.39, 0.29) is 12.1 Å². The van der Waals surface area contributed by atoms with Crippen LogP contribution in [-0.4, -0.2) is 27.2 Å². The molecule has 102 valence electrons. The third kappa shape index (κ3) is 3.01. The molecule has 6 heteroatoms. The molecule has 19 heavy (non-hydrogen) atoms. The Bertz CT molecular complexity index is 551. The fourth-order valence-electron chi connectivity index (χ4n) is 2.02. The lowest BCUT2D eigenvalue weighted by atomic mass is 10.1. The molecule has 0 aliphatic carbocycles. The van der Waals surface area contributed by atoms with Crippen LogP contribution in [-0.2, 0) is 0 Å². The quantitative estimate of drug-likeness (QED) is 0.863. The number of nitrogens with one attached hydrogen (secondary N) is 2. The normalized spacial score (nSPS) is 12.3. The van der Waals surface area contributed by atoms with Gasteiger partial charge in [-0.3, -0.25) is 4.40 Å². The van der Waals surface area contributed by atoms with Crippen molar-refractivity contribution < 1.29 is 4.79 Å².